The van der Waals surface area contributed by atoms with Crippen LogP contribution in [0.4, 0.5) is 10.1 Å². The minimum Gasteiger partial charge on any atom is -0.382 e. The number of piperazine rings is 1. The fourth-order valence-electron chi connectivity index (χ4n) is 5.18. The Kier molecular flexibility index (Phi) is 9.34. The predicted molar refractivity (Wildman–Crippen MR) is 139 cm³/mol. The minimum atomic E-state index is -0.226. The Morgan fingerprint density at radius 2 is 1.62 bits per heavy atom. The van der Waals surface area contributed by atoms with Gasteiger partial charge in [-0.05, 0) is 69.0 Å². The summed E-state index contributed by atoms with van der Waals surface area (Å²) < 4.78 is 13.1. The summed E-state index contributed by atoms with van der Waals surface area (Å²) in [5.74, 6) is -0.163. The van der Waals surface area contributed by atoms with E-state index in [2.05, 4.69) is 53.6 Å². The second-order valence-corrected chi connectivity index (χ2v) is 9.88. The van der Waals surface area contributed by atoms with Gasteiger partial charge in [0.2, 0.25) is 5.91 Å². The summed E-state index contributed by atoms with van der Waals surface area (Å²) >= 11 is 0. The molecule has 2 fully saturated rings. The third-order valence-corrected chi connectivity index (χ3v) is 6.91. The van der Waals surface area contributed by atoms with E-state index in [0.29, 0.717) is 18.1 Å². The van der Waals surface area contributed by atoms with E-state index in [1.807, 2.05) is 11.8 Å². The molecular formula is C27H38ClFN4O. The maximum atomic E-state index is 13.1. The van der Waals surface area contributed by atoms with E-state index in [4.69, 9.17) is 0 Å². The smallest absolute Gasteiger partial charge is 0.229 e. The zero-order valence-corrected chi connectivity index (χ0v) is 21.3. The Bertz CT molecular complexity index is 905. The first-order chi connectivity index (χ1) is 15.9. The molecule has 186 valence electrons. The summed E-state index contributed by atoms with van der Waals surface area (Å²) in [5.41, 5.74) is 3.31. The summed E-state index contributed by atoms with van der Waals surface area (Å²) in [4.78, 5) is 17.6. The second kappa shape index (κ2) is 12.0. The van der Waals surface area contributed by atoms with Gasteiger partial charge in [-0.1, -0.05) is 24.3 Å². The number of amides is 1. The van der Waals surface area contributed by atoms with Gasteiger partial charge in [-0.2, -0.15) is 0 Å². The molecule has 5 nitrogen and oxygen atoms in total. The fourth-order valence-corrected chi connectivity index (χ4v) is 5.18. The van der Waals surface area contributed by atoms with Crippen LogP contribution in [0.3, 0.4) is 0 Å². The number of nitrogens with one attached hydrogen (secondary N) is 2. The largest absolute Gasteiger partial charge is 0.382 e. The third-order valence-electron chi connectivity index (χ3n) is 6.91. The highest BCUT2D eigenvalue weighted by atomic mass is 35.5. The number of hydrogen-bond acceptors (Lipinski definition) is 4. The lowest BCUT2D eigenvalue weighted by molar-refractivity contribution is -0.133. The zero-order valence-electron chi connectivity index (χ0n) is 20.5. The van der Waals surface area contributed by atoms with Gasteiger partial charge in [0.05, 0.1) is 5.92 Å². The van der Waals surface area contributed by atoms with Crippen molar-refractivity contribution in [1.82, 2.24) is 15.1 Å². The molecule has 0 aromatic heterocycles. The van der Waals surface area contributed by atoms with Crippen LogP contribution in [0.1, 0.15) is 50.7 Å². The molecule has 2 aliphatic heterocycles. The molecule has 7 heteroatoms. The van der Waals surface area contributed by atoms with Crippen molar-refractivity contribution in [3.05, 3.63) is 65.5 Å². The number of carbonyl (C=O) groups excluding carboxylic acids is 1. The molecule has 2 aliphatic rings. The van der Waals surface area contributed by atoms with Gasteiger partial charge in [-0.3, -0.25) is 9.69 Å². The molecule has 0 spiro atoms. The molecule has 2 aromatic rings. The first-order valence-electron chi connectivity index (χ1n) is 12.3. The Labute approximate surface area is 209 Å². The van der Waals surface area contributed by atoms with E-state index >= 15 is 0 Å². The maximum Gasteiger partial charge on any atom is 0.229 e. The van der Waals surface area contributed by atoms with Gasteiger partial charge in [0.15, 0.2) is 0 Å². The monoisotopic (exact) mass is 488 g/mol. The Balaban J connectivity index is 0.00000324. The number of nitrogens with zero attached hydrogens (tertiary/aromatic N) is 2. The summed E-state index contributed by atoms with van der Waals surface area (Å²) in [7, 11) is 0. The van der Waals surface area contributed by atoms with Crippen molar-refractivity contribution in [3.63, 3.8) is 0 Å². The van der Waals surface area contributed by atoms with E-state index in [0.717, 1.165) is 56.8 Å². The van der Waals surface area contributed by atoms with Crippen molar-refractivity contribution in [2.24, 2.45) is 0 Å². The first-order valence-corrected chi connectivity index (χ1v) is 12.3. The van der Waals surface area contributed by atoms with Gasteiger partial charge < -0.3 is 15.5 Å². The number of halogens is 2. The van der Waals surface area contributed by atoms with Gasteiger partial charge >= 0.3 is 0 Å². The lowest BCUT2D eigenvalue weighted by atomic mass is 9.96. The molecule has 2 heterocycles. The number of likely N-dealkylation sites (tertiary alicyclic amines) is 1. The lowest BCUT2D eigenvalue weighted by Crippen LogP contribution is -2.53. The summed E-state index contributed by atoms with van der Waals surface area (Å²) in [6.07, 6.45) is 1.80. The van der Waals surface area contributed by atoms with Crippen LogP contribution in [0.15, 0.2) is 48.5 Å². The van der Waals surface area contributed by atoms with Crippen molar-refractivity contribution >= 4 is 24.0 Å². The van der Waals surface area contributed by atoms with Crippen molar-refractivity contribution in [1.29, 1.82) is 0 Å². The second-order valence-electron chi connectivity index (χ2n) is 9.88. The number of rotatable bonds is 6. The Morgan fingerprint density at radius 1 is 1.03 bits per heavy atom. The lowest BCUT2D eigenvalue weighted by Gasteiger charge is -2.36. The van der Waals surface area contributed by atoms with Crippen molar-refractivity contribution < 1.29 is 9.18 Å². The van der Waals surface area contributed by atoms with Crippen molar-refractivity contribution in [2.45, 2.75) is 64.2 Å². The topological polar surface area (TPSA) is 47.6 Å². The normalized spacial score (nSPS) is 22.6. The SMILES string of the molecule is CC(C(=O)N1CCC(Nc2ccc(F)cc2)CC1)c1ccc(CN2C[C@@H](C)N[C@@H](C)C2)cc1.Cl. The summed E-state index contributed by atoms with van der Waals surface area (Å²) in [6.45, 7) is 11.1. The standard InChI is InChI=1S/C27H37FN4O.ClH/c1-19-16-31(17-20(2)29-19)18-22-4-6-23(7-5-22)21(3)27(33)32-14-12-26(13-15-32)30-25-10-8-24(28)9-11-25;/h4-11,19-21,26,29-30H,12-18H2,1-3H3;1H/t19-,20+,21?;. The molecule has 34 heavy (non-hydrogen) atoms. The van der Waals surface area contributed by atoms with Crippen LogP contribution in [-0.2, 0) is 11.3 Å². The average molecular weight is 489 g/mol. The van der Waals surface area contributed by atoms with Gasteiger partial charge in [0, 0.05) is 56.5 Å². The predicted octanol–water partition coefficient (Wildman–Crippen LogP) is 4.64. The molecule has 0 aliphatic carbocycles. The average Bonchev–Trinajstić information content (AvgIpc) is 2.80. The zero-order chi connectivity index (χ0) is 23.4. The van der Waals surface area contributed by atoms with Gasteiger partial charge in [0.1, 0.15) is 5.82 Å². The van der Waals surface area contributed by atoms with Crippen LogP contribution < -0.4 is 10.6 Å². The van der Waals surface area contributed by atoms with Crippen molar-refractivity contribution in [2.75, 3.05) is 31.5 Å². The highest BCUT2D eigenvalue weighted by Crippen LogP contribution is 2.23. The van der Waals surface area contributed by atoms with Gasteiger partial charge in [0.25, 0.3) is 0 Å². The van der Waals surface area contributed by atoms with Crippen LogP contribution in [-0.4, -0.2) is 60.0 Å². The highest BCUT2D eigenvalue weighted by molar-refractivity contribution is 5.85. The van der Waals surface area contributed by atoms with E-state index in [1.165, 1.54) is 17.7 Å². The Morgan fingerprint density at radius 3 is 2.21 bits per heavy atom. The van der Waals surface area contributed by atoms with Crippen LogP contribution >= 0.6 is 12.4 Å². The molecule has 2 aromatic carbocycles. The third kappa shape index (κ3) is 6.94. The minimum absolute atomic E-state index is 0. The quantitative estimate of drug-likeness (QED) is 0.622. The number of hydrogen-bond donors (Lipinski definition) is 2. The number of piperidine rings is 1. The van der Waals surface area contributed by atoms with Gasteiger partial charge in [-0.15, -0.1) is 12.4 Å². The molecule has 3 atom stereocenters. The fraction of sp³-hybridized carbons (Fsp3) is 0.519. The molecule has 0 radical (unpaired) electrons. The molecule has 0 saturated carbocycles. The number of benzene rings is 2. The summed E-state index contributed by atoms with van der Waals surface area (Å²) in [6, 6.07) is 16.4. The Hall–Kier alpha value is -2.15. The molecule has 1 amide bonds. The number of carbonyl (C=O) groups is 1. The maximum absolute atomic E-state index is 13.1. The summed E-state index contributed by atoms with van der Waals surface area (Å²) in [5, 5.41) is 7.04. The van der Waals surface area contributed by atoms with Crippen LogP contribution in [0.25, 0.3) is 0 Å². The van der Waals surface area contributed by atoms with Crippen LogP contribution in [0, 0.1) is 5.82 Å². The molecule has 4 rings (SSSR count). The molecule has 1 unspecified atom stereocenters. The van der Waals surface area contributed by atoms with E-state index in [1.54, 1.807) is 12.1 Å². The van der Waals surface area contributed by atoms with Gasteiger partial charge in [-0.25, -0.2) is 4.39 Å². The van der Waals surface area contributed by atoms with Crippen LogP contribution in [0.5, 0.6) is 0 Å². The van der Waals surface area contributed by atoms with Crippen LogP contribution in [0.2, 0.25) is 0 Å². The van der Waals surface area contributed by atoms with Crippen molar-refractivity contribution in [3.8, 4) is 0 Å². The molecular weight excluding hydrogens is 451 g/mol. The highest BCUT2D eigenvalue weighted by Gasteiger charge is 2.27. The first kappa shape index (κ1) is 26.5. The molecule has 2 saturated heterocycles. The van der Waals surface area contributed by atoms with E-state index < -0.39 is 0 Å². The van der Waals surface area contributed by atoms with E-state index in [9.17, 15) is 9.18 Å². The molecule has 0 bridgehead atoms. The van der Waals surface area contributed by atoms with E-state index in [-0.39, 0.29) is 30.0 Å². The number of anilines is 1. The molecule has 2 N–H and O–H groups in total.